The summed E-state index contributed by atoms with van der Waals surface area (Å²) < 4.78 is 0. The van der Waals surface area contributed by atoms with Crippen LogP contribution in [-0.2, 0) is 0 Å². The number of amides is 2. The molecule has 0 radical (unpaired) electrons. The molecule has 1 aromatic heterocycles. The maximum absolute atomic E-state index is 12.1. The summed E-state index contributed by atoms with van der Waals surface area (Å²) in [6.45, 7) is 0. The molecule has 1 aromatic carbocycles. The third kappa shape index (κ3) is 3.49. The van der Waals surface area contributed by atoms with E-state index in [1.54, 1.807) is 31.6 Å². The average Bonchev–Trinajstić information content (AvgIpc) is 2.49. The van der Waals surface area contributed by atoms with E-state index in [4.69, 9.17) is 16.7 Å². The number of nitrogens with zero attached hydrogens (tertiary/aromatic N) is 2. The first kappa shape index (κ1) is 14.8. The SMILES string of the molecule is CN(C(=O)Nc1ccc(C(=O)O)cc1Cl)c1cccnc1. The molecule has 0 spiro atoms. The van der Waals surface area contributed by atoms with Crippen molar-refractivity contribution < 1.29 is 14.7 Å². The Kier molecular flexibility index (Phi) is 4.39. The number of halogens is 1. The van der Waals surface area contributed by atoms with Crippen LogP contribution in [0.1, 0.15) is 10.4 Å². The van der Waals surface area contributed by atoms with E-state index in [2.05, 4.69) is 10.3 Å². The van der Waals surface area contributed by atoms with Gasteiger partial charge in [0.2, 0.25) is 0 Å². The van der Waals surface area contributed by atoms with Crippen molar-refractivity contribution in [3.8, 4) is 0 Å². The second-order valence-electron chi connectivity index (χ2n) is 4.20. The van der Waals surface area contributed by atoms with Crippen LogP contribution in [0, 0.1) is 0 Å². The standard InChI is InChI=1S/C14H12ClN3O3/c1-18(10-3-2-6-16-8-10)14(21)17-12-5-4-9(13(19)20)7-11(12)15/h2-8H,1H3,(H,17,21)(H,19,20). The van der Waals surface area contributed by atoms with E-state index in [9.17, 15) is 9.59 Å². The quantitative estimate of drug-likeness (QED) is 0.912. The second-order valence-corrected chi connectivity index (χ2v) is 4.61. The minimum atomic E-state index is -1.08. The first-order valence-corrected chi connectivity index (χ1v) is 6.34. The summed E-state index contributed by atoms with van der Waals surface area (Å²) in [4.78, 5) is 28.2. The van der Waals surface area contributed by atoms with E-state index in [0.717, 1.165) is 0 Å². The topological polar surface area (TPSA) is 82.5 Å². The molecular formula is C14H12ClN3O3. The number of hydrogen-bond donors (Lipinski definition) is 2. The monoisotopic (exact) mass is 305 g/mol. The highest BCUT2D eigenvalue weighted by Gasteiger charge is 2.13. The third-order valence-corrected chi connectivity index (χ3v) is 3.11. The van der Waals surface area contributed by atoms with Crippen LogP contribution >= 0.6 is 11.6 Å². The Morgan fingerprint density at radius 2 is 2.10 bits per heavy atom. The summed E-state index contributed by atoms with van der Waals surface area (Å²) in [7, 11) is 1.59. The Labute approximate surface area is 126 Å². The highest BCUT2D eigenvalue weighted by atomic mass is 35.5. The van der Waals surface area contributed by atoms with Gasteiger partial charge in [-0.2, -0.15) is 0 Å². The molecule has 0 aliphatic carbocycles. The predicted molar refractivity (Wildman–Crippen MR) is 80.1 cm³/mol. The number of hydrogen-bond acceptors (Lipinski definition) is 3. The molecule has 2 amide bonds. The Bertz CT molecular complexity index is 676. The Hall–Kier alpha value is -2.60. The molecule has 2 aromatic rings. The number of carbonyl (C=O) groups excluding carboxylic acids is 1. The highest BCUT2D eigenvalue weighted by molar-refractivity contribution is 6.34. The number of aromatic carboxylic acids is 1. The van der Waals surface area contributed by atoms with Gasteiger partial charge in [-0.15, -0.1) is 0 Å². The van der Waals surface area contributed by atoms with Gasteiger partial charge in [0, 0.05) is 13.2 Å². The van der Waals surface area contributed by atoms with E-state index in [1.807, 2.05) is 0 Å². The maximum Gasteiger partial charge on any atom is 0.335 e. The molecule has 0 aliphatic heterocycles. The first-order valence-electron chi connectivity index (χ1n) is 5.96. The summed E-state index contributed by atoms with van der Waals surface area (Å²) in [5, 5.41) is 11.6. The van der Waals surface area contributed by atoms with Gasteiger partial charge >= 0.3 is 12.0 Å². The van der Waals surface area contributed by atoms with E-state index < -0.39 is 12.0 Å². The molecule has 2 rings (SSSR count). The average molecular weight is 306 g/mol. The lowest BCUT2D eigenvalue weighted by molar-refractivity contribution is 0.0697. The number of carboxylic acids is 1. The van der Waals surface area contributed by atoms with Crippen molar-refractivity contribution >= 4 is 35.0 Å². The van der Waals surface area contributed by atoms with E-state index in [1.165, 1.54) is 23.1 Å². The number of nitrogens with one attached hydrogen (secondary N) is 1. The summed E-state index contributed by atoms with van der Waals surface area (Å²) in [6, 6.07) is 7.14. The lowest BCUT2D eigenvalue weighted by atomic mass is 10.2. The summed E-state index contributed by atoms with van der Waals surface area (Å²) in [6.07, 6.45) is 3.16. The van der Waals surface area contributed by atoms with E-state index >= 15 is 0 Å². The number of rotatable bonds is 3. The van der Waals surface area contributed by atoms with Crippen molar-refractivity contribution in [2.24, 2.45) is 0 Å². The number of benzene rings is 1. The number of urea groups is 1. The highest BCUT2D eigenvalue weighted by Crippen LogP contribution is 2.24. The van der Waals surface area contributed by atoms with Crippen molar-refractivity contribution in [1.82, 2.24) is 4.98 Å². The molecule has 1 heterocycles. The summed E-state index contributed by atoms with van der Waals surface area (Å²) >= 11 is 5.96. The van der Waals surface area contributed by atoms with Crippen molar-refractivity contribution in [3.63, 3.8) is 0 Å². The molecule has 0 fully saturated rings. The molecule has 2 N–H and O–H groups in total. The lowest BCUT2D eigenvalue weighted by Gasteiger charge is -2.18. The zero-order valence-corrected chi connectivity index (χ0v) is 11.8. The molecule has 0 aliphatic rings. The first-order chi connectivity index (χ1) is 9.99. The van der Waals surface area contributed by atoms with Gasteiger partial charge in [-0.3, -0.25) is 9.88 Å². The van der Waals surface area contributed by atoms with Gasteiger partial charge in [0.15, 0.2) is 0 Å². The summed E-state index contributed by atoms with van der Waals surface area (Å²) in [5.41, 5.74) is 1.01. The minimum absolute atomic E-state index is 0.0543. The number of aromatic nitrogens is 1. The zero-order valence-electron chi connectivity index (χ0n) is 11.1. The number of anilines is 2. The van der Waals surface area contributed by atoms with Crippen LogP contribution < -0.4 is 10.2 Å². The fourth-order valence-electron chi connectivity index (χ4n) is 1.62. The van der Waals surface area contributed by atoms with Gasteiger partial charge in [-0.05, 0) is 30.3 Å². The fourth-order valence-corrected chi connectivity index (χ4v) is 1.85. The fraction of sp³-hybridized carbons (Fsp3) is 0.0714. The van der Waals surface area contributed by atoms with Crippen LogP contribution in [0.3, 0.4) is 0 Å². The van der Waals surface area contributed by atoms with E-state index in [-0.39, 0.29) is 10.6 Å². The number of carboxylic acid groups (broad SMARTS) is 1. The van der Waals surface area contributed by atoms with Gasteiger partial charge in [-0.25, -0.2) is 9.59 Å². The van der Waals surface area contributed by atoms with Crippen LogP contribution in [0.15, 0.2) is 42.7 Å². The van der Waals surface area contributed by atoms with Crippen molar-refractivity contribution in [2.75, 3.05) is 17.3 Å². The molecule has 7 heteroatoms. The molecule has 21 heavy (non-hydrogen) atoms. The van der Waals surface area contributed by atoms with Gasteiger partial charge in [-0.1, -0.05) is 11.6 Å². The van der Waals surface area contributed by atoms with Crippen LogP contribution in [0.4, 0.5) is 16.2 Å². The van der Waals surface area contributed by atoms with Crippen molar-refractivity contribution in [1.29, 1.82) is 0 Å². The number of pyridine rings is 1. The zero-order chi connectivity index (χ0) is 15.4. The summed E-state index contributed by atoms with van der Waals surface area (Å²) in [5.74, 6) is -1.08. The van der Waals surface area contributed by atoms with Gasteiger partial charge in [0.05, 0.1) is 28.2 Å². The molecule has 0 saturated heterocycles. The lowest BCUT2D eigenvalue weighted by Crippen LogP contribution is -2.31. The van der Waals surface area contributed by atoms with Crippen LogP contribution in [0.5, 0.6) is 0 Å². The third-order valence-electron chi connectivity index (χ3n) is 2.80. The molecular weight excluding hydrogens is 294 g/mol. The Balaban J connectivity index is 2.15. The molecule has 108 valence electrons. The Morgan fingerprint density at radius 3 is 2.67 bits per heavy atom. The minimum Gasteiger partial charge on any atom is -0.478 e. The molecule has 0 unspecified atom stereocenters. The molecule has 0 atom stereocenters. The van der Waals surface area contributed by atoms with Crippen LogP contribution in [0.25, 0.3) is 0 Å². The number of carbonyl (C=O) groups is 2. The van der Waals surface area contributed by atoms with Gasteiger partial charge < -0.3 is 10.4 Å². The van der Waals surface area contributed by atoms with Crippen LogP contribution in [-0.4, -0.2) is 29.1 Å². The second kappa shape index (κ2) is 6.23. The molecule has 6 nitrogen and oxygen atoms in total. The van der Waals surface area contributed by atoms with Crippen LogP contribution in [0.2, 0.25) is 5.02 Å². The van der Waals surface area contributed by atoms with E-state index in [0.29, 0.717) is 11.4 Å². The van der Waals surface area contributed by atoms with Crippen molar-refractivity contribution in [3.05, 3.63) is 53.3 Å². The maximum atomic E-state index is 12.1. The molecule has 0 bridgehead atoms. The van der Waals surface area contributed by atoms with Gasteiger partial charge in [0.25, 0.3) is 0 Å². The normalized spacial score (nSPS) is 10.0. The predicted octanol–water partition coefficient (Wildman–Crippen LogP) is 3.10. The Morgan fingerprint density at radius 1 is 1.33 bits per heavy atom. The van der Waals surface area contributed by atoms with Crippen molar-refractivity contribution in [2.45, 2.75) is 0 Å². The smallest absolute Gasteiger partial charge is 0.335 e. The van der Waals surface area contributed by atoms with Gasteiger partial charge in [0.1, 0.15) is 0 Å². The largest absolute Gasteiger partial charge is 0.478 e. The molecule has 0 saturated carbocycles.